The fourth-order valence-electron chi connectivity index (χ4n) is 1.87. The van der Waals surface area contributed by atoms with Crippen LogP contribution in [0, 0.1) is 5.92 Å². The van der Waals surface area contributed by atoms with Gasteiger partial charge >= 0.3 is 0 Å². The Kier molecular flexibility index (Phi) is 2.02. The van der Waals surface area contributed by atoms with Crippen LogP contribution in [-0.2, 0) is 0 Å². The van der Waals surface area contributed by atoms with Gasteiger partial charge in [0.05, 0.1) is 6.61 Å². The number of hydrogen-bond acceptors (Lipinski definition) is 3. The Hall–Kier alpha value is -1.38. The number of phenolic OH excluding ortho intramolecular Hbond substituents is 2. The molecule has 3 nitrogen and oxygen atoms in total. The van der Waals surface area contributed by atoms with Crippen molar-refractivity contribution in [3.05, 3.63) is 17.7 Å². The molecule has 1 aliphatic rings. The van der Waals surface area contributed by atoms with Gasteiger partial charge in [-0.1, -0.05) is 13.8 Å². The van der Waals surface area contributed by atoms with E-state index in [1.807, 2.05) is 0 Å². The van der Waals surface area contributed by atoms with Crippen LogP contribution in [-0.4, -0.2) is 16.8 Å². The van der Waals surface area contributed by atoms with Crippen molar-refractivity contribution in [2.24, 2.45) is 5.92 Å². The van der Waals surface area contributed by atoms with Gasteiger partial charge in [0.15, 0.2) is 11.5 Å². The third-order valence-corrected chi connectivity index (χ3v) is 2.74. The molecule has 0 radical (unpaired) electrons. The van der Waals surface area contributed by atoms with Crippen LogP contribution in [0.1, 0.15) is 25.3 Å². The highest BCUT2D eigenvalue weighted by atomic mass is 16.5. The van der Waals surface area contributed by atoms with Gasteiger partial charge in [0.1, 0.15) is 5.75 Å². The molecular weight excluding hydrogens is 180 g/mol. The highest BCUT2D eigenvalue weighted by molar-refractivity contribution is 5.56. The molecule has 1 unspecified atom stereocenters. The molecule has 0 aliphatic carbocycles. The maximum Gasteiger partial charge on any atom is 0.168 e. The lowest BCUT2D eigenvalue weighted by Crippen LogP contribution is -2.07. The summed E-state index contributed by atoms with van der Waals surface area (Å²) in [6.45, 7) is 4.69. The first kappa shape index (κ1) is 9.19. The van der Waals surface area contributed by atoms with E-state index in [4.69, 9.17) is 4.74 Å². The Labute approximate surface area is 83.0 Å². The fraction of sp³-hybridized carbons (Fsp3) is 0.455. The zero-order valence-electron chi connectivity index (χ0n) is 8.32. The second kappa shape index (κ2) is 3.08. The maximum absolute atomic E-state index is 9.68. The first-order valence-corrected chi connectivity index (χ1v) is 4.79. The number of ether oxygens (including phenoxy) is 1. The van der Waals surface area contributed by atoms with E-state index in [9.17, 15) is 10.2 Å². The number of fused-ring (bicyclic) bond motifs is 1. The molecule has 0 spiro atoms. The van der Waals surface area contributed by atoms with Crippen molar-refractivity contribution in [3.63, 3.8) is 0 Å². The molecule has 1 aromatic carbocycles. The van der Waals surface area contributed by atoms with Crippen molar-refractivity contribution in [3.8, 4) is 17.2 Å². The van der Waals surface area contributed by atoms with Gasteiger partial charge in [0, 0.05) is 11.5 Å². The first-order chi connectivity index (χ1) is 6.61. The van der Waals surface area contributed by atoms with E-state index in [0.29, 0.717) is 18.3 Å². The second-order valence-electron chi connectivity index (χ2n) is 4.01. The summed E-state index contributed by atoms with van der Waals surface area (Å²) < 4.78 is 5.37. The van der Waals surface area contributed by atoms with E-state index >= 15 is 0 Å². The zero-order valence-corrected chi connectivity index (χ0v) is 8.32. The van der Waals surface area contributed by atoms with Crippen molar-refractivity contribution in [1.82, 2.24) is 0 Å². The third kappa shape index (κ3) is 1.20. The molecule has 0 saturated heterocycles. The minimum atomic E-state index is 0.112. The molecule has 1 heterocycles. The third-order valence-electron chi connectivity index (χ3n) is 2.74. The smallest absolute Gasteiger partial charge is 0.168 e. The van der Waals surface area contributed by atoms with Crippen LogP contribution in [0.5, 0.6) is 17.2 Å². The Balaban J connectivity index is 2.53. The lowest BCUT2D eigenvalue weighted by molar-refractivity contribution is 0.293. The molecule has 0 amide bonds. The summed E-state index contributed by atoms with van der Waals surface area (Å²) in [6, 6.07) is 2.97. The van der Waals surface area contributed by atoms with Crippen LogP contribution < -0.4 is 4.74 Å². The summed E-state index contributed by atoms with van der Waals surface area (Å²) in [7, 11) is 0. The Morgan fingerprint density at radius 2 is 1.93 bits per heavy atom. The molecule has 1 atom stereocenters. The van der Waals surface area contributed by atoms with E-state index in [2.05, 4.69) is 13.8 Å². The Morgan fingerprint density at radius 1 is 1.29 bits per heavy atom. The molecule has 1 aromatic rings. The summed E-state index contributed by atoms with van der Waals surface area (Å²) in [5.74, 6) is 1.35. The van der Waals surface area contributed by atoms with Crippen LogP contribution in [0.4, 0.5) is 0 Å². The topological polar surface area (TPSA) is 49.7 Å². The normalized spacial score (nSPS) is 19.5. The maximum atomic E-state index is 9.68. The van der Waals surface area contributed by atoms with Gasteiger partial charge < -0.3 is 14.9 Å². The highest BCUT2D eigenvalue weighted by Gasteiger charge is 2.31. The zero-order chi connectivity index (χ0) is 10.3. The molecule has 76 valence electrons. The number of phenols is 2. The van der Waals surface area contributed by atoms with Crippen LogP contribution in [0.3, 0.4) is 0 Å². The number of benzene rings is 1. The standard InChI is InChI=1S/C11H14O3/c1-6(2)7-5-14-11-9(13)4-3-8(12)10(7)11/h3-4,6-7,12-13H,5H2,1-2H3. The van der Waals surface area contributed by atoms with Crippen molar-refractivity contribution < 1.29 is 14.9 Å². The van der Waals surface area contributed by atoms with E-state index in [0.717, 1.165) is 5.56 Å². The highest BCUT2D eigenvalue weighted by Crippen LogP contribution is 2.47. The van der Waals surface area contributed by atoms with Crippen LogP contribution in [0.25, 0.3) is 0 Å². The first-order valence-electron chi connectivity index (χ1n) is 4.79. The van der Waals surface area contributed by atoms with Crippen LogP contribution in [0.15, 0.2) is 12.1 Å². The van der Waals surface area contributed by atoms with Crippen molar-refractivity contribution >= 4 is 0 Å². The van der Waals surface area contributed by atoms with Gasteiger partial charge in [-0.2, -0.15) is 0 Å². The average Bonchev–Trinajstić information content (AvgIpc) is 2.56. The number of rotatable bonds is 1. The average molecular weight is 194 g/mol. The van der Waals surface area contributed by atoms with Crippen molar-refractivity contribution in [2.75, 3.05) is 6.61 Å². The molecule has 14 heavy (non-hydrogen) atoms. The van der Waals surface area contributed by atoms with Gasteiger partial charge in [-0.25, -0.2) is 0 Å². The molecular formula is C11H14O3. The second-order valence-corrected chi connectivity index (χ2v) is 4.01. The summed E-state index contributed by atoms with van der Waals surface area (Å²) >= 11 is 0. The number of aromatic hydroxyl groups is 2. The quantitative estimate of drug-likeness (QED) is 0.674. The van der Waals surface area contributed by atoms with Gasteiger partial charge in [-0.3, -0.25) is 0 Å². The lowest BCUT2D eigenvalue weighted by Gasteiger charge is -2.13. The minimum Gasteiger partial charge on any atom is -0.508 e. The fourth-order valence-corrected chi connectivity index (χ4v) is 1.87. The van der Waals surface area contributed by atoms with E-state index in [-0.39, 0.29) is 17.4 Å². The largest absolute Gasteiger partial charge is 0.508 e. The van der Waals surface area contributed by atoms with Crippen LogP contribution in [0.2, 0.25) is 0 Å². The summed E-state index contributed by atoms with van der Waals surface area (Å²) in [4.78, 5) is 0. The number of hydrogen-bond donors (Lipinski definition) is 2. The molecule has 0 saturated carbocycles. The summed E-state index contributed by atoms with van der Waals surface area (Å²) in [5, 5.41) is 19.2. The van der Waals surface area contributed by atoms with Gasteiger partial charge in [-0.15, -0.1) is 0 Å². The van der Waals surface area contributed by atoms with E-state index in [1.165, 1.54) is 12.1 Å². The molecule has 2 N–H and O–H groups in total. The van der Waals surface area contributed by atoms with Crippen molar-refractivity contribution in [1.29, 1.82) is 0 Å². The van der Waals surface area contributed by atoms with E-state index < -0.39 is 0 Å². The lowest BCUT2D eigenvalue weighted by atomic mass is 9.89. The monoisotopic (exact) mass is 194 g/mol. The SMILES string of the molecule is CC(C)C1COc2c(O)ccc(O)c21. The molecule has 0 aromatic heterocycles. The summed E-state index contributed by atoms with van der Waals surface area (Å²) in [6.07, 6.45) is 0. The molecule has 0 bridgehead atoms. The Morgan fingerprint density at radius 3 is 2.57 bits per heavy atom. The van der Waals surface area contributed by atoms with Gasteiger partial charge in [-0.05, 0) is 18.1 Å². The predicted molar refractivity (Wildman–Crippen MR) is 52.8 cm³/mol. The van der Waals surface area contributed by atoms with Crippen molar-refractivity contribution in [2.45, 2.75) is 19.8 Å². The van der Waals surface area contributed by atoms with E-state index in [1.54, 1.807) is 0 Å². The minimum absolute atomic E-state index is 0.112. The van der Waals surface area contributed by atoms with Gasteiger partial charge in [0.25, 0.3) is 0 Å². The Bertz CT molecular complexity index is 358. The molecule has 1 aliphatic heterocycles. The van der Waals surface area contributed by atoms with Gasteiger partial charge in [0.2, 0.25) is 0 Å². The predicted octanol–water partition coefficient (Wildman–Crippen LogP) is 2.23. The van der Waals surface area contributed by atoms with Crippen LogP contribution >= 0.6 is 0 Å². The molecule has 3 heteroatoms. The summed E-state index contributed by atoms with van der Waals surface area (Å²) in [5.41, 5.74) is 0.750. The molecule has 2 rings (SSSR count). The molecule has 0 fully saturated rings.